The summed E-state index contributed by atoms with van der Waals surface area (Å²) in [5, 5.41) is 10.8. The van der Waals surface area contributed by atoms with Crippen LogP contribution in [0, 0.1) is 10.1 Å². The maximum absolute atomic E-state index is 12.5. The van der Waals surface area contributed by atoms with Gasteiger partial charge in [0.1, 0.15) is 5.02 Å². The summed E-state index contributed by atoms with van der Waals surface area (Å²) in [6, 6.07) is 3.30. The first-order chi connectivity index (χ1) is 9.21. The Morgan fingerprint density at radius 1 is 1.40 bits per heavy atom. The summed E-state index contributed by atoms with van der Waals surface area (Å²) in [4.78, 5) is 10.0. The molecule has 1 rings (SSSR count). The number of hydrogen-bond acceptors (Lipinski definition) is 4. The minimum absolute atomic E-state index is 0.0828. The van der Waals surface area contributed by atoms with Crippen molar-refractivity contribution >= 4 is 27.3 Å². The fourth-order valence-electron chi connectivity index (χ4n) is 1.80. The van der Waals surface area contributed by atoms with Gasteiger partial charge in [0.05, 0.1) is 9.82 Å². The van der Waals surface area contributed by atoms with Crippen molar-refractivity contribution in [1.29, 1.82) is 0 Å². The molecule has 0 spiro atoms. The Hall–Kier alpha value is -1.18. The van der Waals surface area contributed by atoms with Crippen molar-refractivity contribution in [3.63, 3.8) is 0 Å². The van der Waals surface area contributed by atoms with Crippen LogP contribution in [-0.2, 0) is 10.0 Å². The maximum Gasteiger partial charge on any atom is 0.289 e. The van der Waals surface area contributed by atoms with E-state index in [0.717, 1.165) is 6.07 Å². The number of nitro benzene ring substituents is 1. The zero-order chi connectivity index (χ0) is 15.5. The third kappa shape index (κ3) is 3.47. The van der Waals surface area contributed by atoms with Crippen LogP contribution in [0.5, 0.6) is 0 Å². The van der Waals surface area contributed by atoms with Crippen molar-refractivity contribution in [3.8, 4) is 0 Å². The van der Waals surface area contributed by atoms with Gasteiger partial charge in [-0.25, -0.2) is 8.42 Å². The summed E-state index contributed by atoms with van der Waals surface area (Å²) in [6.45, 7) is 5.75. The van der Waals surface area contributed by atoms with Gasteiger partial charge in [0.15, 0.2) is 0 Å². The molecule has 0 fully saturated rings. The van der Waals surface area contributed by atoms with E-state index < -0.39 is 20.6 Å². The van der Waals surface area contributed by atoms with Crippen LogP contribution in [0.3, 0.4) is 0 Å². The first-order valence-electron chi connectivity index (χ1n) is 6.17. The molecule has 1 aromatic rings. The first-order valence-corrected chi connectivity index (χ1v) is 7.99. The van der Waals surface area contributed by atoms with E-state index in [9.17, 15) is 18.5 Å². The van der Waals surface area contributed by atoms with Gasteiger partial charge in [-0.3, -0.25) is 10.1 Å². The van der Waals surface area contributed by atoms with E-state index in [2.05, 4.69) is 0 Å². The molecule has 0 N–H and O–H groups in total. The molecule has 0 bridgehead atoms. The molecule has 0 saturated carbocycles. The molecule has 0 heterocycles. The molecule has 6 nitrogen and oxygen atoms in total. The number of nitrogens with zero attached hydrogens (tertiary/aromatic N) is 2. The van der Waals surface area contributed by atoms with Gasteiger partial charge >= 0.3 is 0 Å². The van der Waals surface area contributed by atoms with Crippen LogP contribution in [0.1, 0.15) is 27.2 Å². The Kier molecular flexibility index (Phi) is 5.50. The Labute approximate surface area is 123 Å². The molecule has 0 radical (unpaired) electrons. The van der Waals surface area contributed by atoms with Crippen LogP contribution in [0.15, 0.2) is 23.1 Å². The molecule has 0 amide bonds. The SMILES string of the molecule is CCCN(C(C)C)S(=O)(=O)c1ccc(Cl)c([N+](=O)[O-])c1. The van der Waals surface area contributed by atoms with Gasteiger partial charge in [-0.2, -0.15) is 4.31 Å². The van der Waals surface area contributed by atoms with Crippen LogP contribution >= 0.6 is 11.6 Å². The van der Waals surface area contributed by atoms with Crippen molar-refractivity contribution < 1.29 is 13.3 Å². The second kappa shape index (κ2) is 6.51. The maximum atomic E-state index is 12.5. The zero-order valence-electron chi connectivity index (χ0n) is 11.5. The van der Waals surface area contributed by atoms with Crippen molar-refractivity contribution in [2.75, 3.05) is 6.54 Å². The van der Waals surface area contributed by atoms with E-state index in [1.807, 2.05) is 6.92 Å². The average Bonchev–Trinajstić information content (AvgIpc) is 2.35. The Bertz CT molecular complexity index is 601. The number of benzene rings is 1. The number of hydrogen-bond donors (Lipinski definition) is 0. The largest absolute Gasteiger partial charge is 0.289 e. The van der Waals surface area contributed by atoms with Gasteiger partial charge in [-0.1, -0.05) is 18.5 Å². The zero-order valence-corrected chi connectivity index (χ0v) is 13.1. The Morgan fingerprint density at radius 3 is 2.45 bits per heavy atom. The van der Waals surface area contributed by atoms with E-state index in [-0.39, 0.29) is 16.0 Å². The van der Waals surface area contributed by atoms with Crippen LogP contribution in [0.25, 0.3) is 0 Å². The lowest BCUT2D eigenvalue weighted by Gasteiger charge is -2.25. The summed E-state index contributed by atoms with van der Waals surface area (Å²) in [5.74, 6) is 0. The van der Waals surface area contributed by atoms with Crippen molar-refractivity contribution in [3.05, 3.63) is 33.3 Å². The molecular weight excluding hydrogens is 304 g/mol. The fourth-order valence-corrected chi connectivity index (χ4v) is 3.74. The van der Waals surface area contributed by atoms with E-state index >= 15 is 0 Å². The van der Waals surface area contributed by atoms with E-state index in [1.54, 1.807) is 13.8 Å². The molecule has 0 atom stereocenters. The topological polar surface area (TPSA) is 80.5 Å². The van der Waals surface area contributed by atoms with Crippen LogP contribution in [0.4, 0.5) is 5.69 Å². The monoisotopic (exact) mass is 320 g/mol. The molecule has 1 aromatic carbocycles. The fraction of sp³-hybridized carbons (Fsp3) is 0.500. The summed E-state index contributed by atoms with van der Waals surface area (Å²) in [6.07, 6.45) is 0.660. The summed E-state index contributed by atoms with van der Waals surface area (Å²) in [5.41, 5.74) is -0.409. The normalized spacial score (nSPS) is 12.1. The van der Waals surface area contributed by atoms with Crippen LogP contribution in [0.2, 0.25) is 5.02 Å². The lowest BCUT2D eigenvalue weighted by molar-refractivity contribution is -0.384. The first kappa shape index (κ1) is 16.9. The third-order valence-corrected chi connectivity index (χ3v) is 5.13. The van der Waals surface area contributed by atoms with Crippen molar-refractivity contribution in [2.24, 2.45) is 0 Å². The molecule has 0 aliphatic carbocycles. The lowest BCUT2D eigenvalue weighted by Crippen LogP contribution is -2.37. The molecule has 8 heteroatoms. The lowest BCUT2D eigenvalue weighted by atomic mass is 10.3. The average molecular weight is 321 g/mol. The molecule has 0 saturated heterocycles. The molecular formula is C12H17ClN2O4S. The highest BCUT2D eigenvalue weighted by Gasteiger charge is 2.28. The van der Waals surface area contributed by atoms with E-state index in [1.165, 1.54) is 16.4 Å². The van der Waals surface area contributed by atoms with Gasteiger partial charge in [-0.15, -0.1) is 0 Å². The van der Waals surface area contributed by atoms with Gasteiger partial charge < -0.3 is 0 Å². The number of halogens is 1. The predicted molar refractivity (Wildman–Crippen MR) is 77.4 cm³/mol. The van der Waals surface area contributed by atoms with Gasteiger partial charge in [0, 0.05) is 18.7 Å². The van der Waals surface area contributed by atoms with Gasteiger partial charge in [0.25, 0.3) is 5.69 Å². The minimum Gasteiger partial charge on any atom is -0.258 e. The van der Waals surface area contributed by atoms with Gasteiger partial charge in [0.2, 0.25) is 10.0 Å². The molecule has 20 heavy (non-hydrogen) atoms. The Balaban J connectivity index is 3.34. The second-order valence-electron chi connectivity index (χ2n) is 4.58. The van der Waals surface area contributed by atoms with E-state index in [4.69, 9.17) is 11.6 Å². The van der Waals surface area contributed by atoms with Crippen molar-refractivity contribution in [2.45, 2.75) is 38.1 Å². The molecule has 0 aliphatic rings. The molecule has 0 aromatic heterocycles. The summed E-state index contributed by atoms with van der Waals surface area (Å²) < 4.78 is 26.3. The minimum atomic E-state index is -3.77. The Morgan fingerprint density at radius 2 is 2.00 bits per heavy atom. The van der Waals surface area contributed by atoms with Crippen LogP contribution < -0.4 is 0 Å². The number of nitro groups is 1. The highest BCUT2D eigenvalue weighted by atomic mass is 35.5. The quantitative estimate of drug-likeness (QED) is 0.596. The number of sulfonamides is 1. The molecule has 0 aliphatic heterocycles. The second-order valence-corrected chi connectivity index (χ2v) is 6.88. The highest BCUT2D eigenvalue weighted by molar-refractivity contribution is 7.89. The number of rotatable bonds is 6. The van der Waals surface area contributed by atoms with Crippen molar-refractivity contribution in [1.82, 2.24) is 4.31 Å². The van der Waals surface area contributed by atoms with Crippen LogP contribution in [-0.4, -0.2) is 30.2 Å². The standard InChI is InChI=1S/C12H17ClN2O4S/c1-4-7-14(9(2)3)20(18,19)10-5-6-11(13)12(8-10)15(16)17/h5-6,8-9H,4,7H2,1-3H3. The summed E-state index contributed by atoms with van der Waals surface area (Å²) >= 11 is 5.69. The predicted octanol–water partition coefficient (Wildman–Crippen LogP) is 3.06. The summed E-state index contributed by atoms with van der Waals surface area (Å²) in [7, 11) is -3.77. The van der Waals surface area contributed by atoms with Gasteiger partial charge in [-0.05, 0) is 32.4 Å². The third-order valence-electron chi connectivity index (χ3n) is 2.74. The molecule has 112 valence electrons. The smallest absolute Gasteiger partial charge is 0.258 e. The highest BCUT2D eigenvalue weighted by Crippen LogP contribution is 2.29. The van der Waals surface area contributed by atoms with E-state index in [0.29, 0.717) is 13.0 Å². The molecule has 0 unspecified atom stereocenters.